The Labute approximate surface area is 490 Å². The van der Waals surface area contributed by atoms with E-state index in [0.29, 0.717) is 36.1 Å². The fraction of sp³-hybridized carbons (Fsp3) is 0.472. The summed E-state index contributed by atoms with van der Waals surface area (Å²) in [6.45, 7) is 20.1. The van der Waals surface area contributed by atoms with Crippen LogP contribution >= 0.6 is 22.7 Å². The van der Waals surface area contributed by atoms with E-state index < -0.39 is 0 Å². The molecule has 2 unspecified atom stereocenters. The van der Waals surface area contributed by atoms with Gasteiger partial charge in [0.25, 0.3) is 11.8 Å². The van der Waals surface area contributed by atoms with Crippen LogP contribution in [0, 0.1) is 11.8 Å². The average Bonchev–Trinajstić information content (AvgIpc) is 2.51. The van der Waals surface area contributed by atoms with Crippen molar-refractivity contribution in [2.75, 3.05) is 13.1 Å². The minimum atomic E-state index is -0.0124. The number of carbonyl (C=O) groups is 2. The summed E-state index contributed by atoms with van der Waals surface area (Å²) < 4.78 is 8.18. The van der Waals surface area contributed by atoms with Gasteiger partial charge in [-0.05, 0) is 97.3 Å². The molecule has 81 heavy (non-hydrogen) atoms. The Balaban J connectivity index is 1.15. The van der Waals surface area contributed by atoms with E-state index in [1.165, 1.54) is 129 Å². The second-order valence-corrected chi connectivity index (χ2v) is 25.9. The molecule has 0 spiro atoms. The smallest absolute Gasteiger partial charge is 0.261 e. The van der Waals surface area contributed by atoms with Crippen LogP contribution in [0.15, 0.2) is 108 Å². The van der Waals surface area contributed by atoms with Crippen molar-refractivity contribution >= 4 is 111 Å². The Bertz CT molecular complexity index is 3720. The summed E-state index contributed by atoms with van der Waals surface area (Å²) in [5.41, 5.74) is 12.1. The zero-order valence-electron chi connectivity index (χ0n) is 49.9. The fourth-order valence-corrected chi connectivity index (χ4v) is 15.9. The van der Waals surface area contributed by atoms with Gasteiger partial charge in [-0.15, -0.1) is 22.7 Å². The lowest BCUT2D eigenvalue weighted by atomic mass is 9.98. The normalized spacial score (nSPS) is 14.9. The highest BCUT2D eigenvalue weighted by molar-refractivity contribution is 7.16. The van der Waals surface area contributed by atoms with Crippen molar-refractivity contribution in [2.24, 2.45) is 11.8 Å². The third-order valence-electron chi connectivity index (χ3n) is 18.4. The number of carbonyl (C=O) groups excluding carboxylic acids is 2. The van der Waals surface area contributed by atoms with Gasteiger partial charge in [0.05, 0.1) is 48.8 Å². The van der Waals surface area contributed by atoms with Gasteiger partial charge in [0.2, 0.25) is 0 Å². The van der Waals surface area contributed by atoms with Gasteiger partial charge >= 0.3 is 0 Å². The molecule has 0 radical (unpaired) electrons. The zero-order valence-corrected chi connectivity index (χ0v) is 51.6. The van der Waals surface area contributed by atoms with Gasteiger partial charge in [-0.3, -0.25) is 9.59 Å². The maximum absolute atomic E-state index is 15.5. The maximum Gasteiger partial charge on any atom is 0.261 e. The van der Waals surface area contributed by atoms with E-state index in [4.69, 9.17) is 0 Å². The van der Waals surface area contributed by atoms with Gasteiger partial charge < -0.3 is 23.5 Å². The van der Waals surface area contributed by atoms with Crippen LogP contribution in [-0.2, 0) is 29.2 Å². The van der Waals surface area contributed by atoms with Gasteiger partial charge in [0, 0.05) is 86.5 Å². The fourth-order valence-electron chi connectivity index (χ4n) is 14.0. The molecule has 5 aromatic heterocycles. The van der Waals surface area contributed by atoms with E-state index in [0.717, 1.165) is 116 Å². The minimum Gasteiger partial charge on any atom is -0.340 e. The number of aryl methyl sites for hydroxylation is 3. The van der Waals surface area contributed by atoms with Crippen LogP contribution in [-0.4, -0.2) is 48.4 Å². The first-order valence-corrected chi connectivity index (χ1v) is 33.7. The Hall–Kier alpha value is -5.90. The molecule has 0 saturated heterocycles. The lowest BCUT2D eigenvalue weighted by molar-refractivity contribution is -0.124. The molecule has 0 N–H and O–H groups in total. The van der Waals surface area contributed by atoms with E-state index in [9.17, 15) is 0 Å². The van der Waals surface area contributed by atoms with Gasteiger partial charge in [-0.25, -0.2) is 0 Å². The molecule has 2 amide bonds. The third kappa shape index (κ3) is 10.5. The third-order valence-corrected chi connectivity index (χ3v) is 20.5. The Morgan fingerprint density at radius 3 is 1.32 bits per heavy atom. The monoisotopic (exact) mass is 1120 g/mol. The predicted octanol–water partition coefficient (Wildman–Crippen LogP) is 20.8. The van der Waals surface area contributed by atoms with E-state index in [-0.39, 0.29) is 11.8 Å². The number of rotatable bonds is 30. The van der Waals surface area contributed by atoms with E-state index in [2.05, 4.69) is 159 Å². The number of benzene rings is 4. The van der Waals surface area contributed by atoms with Crippen molar-refractivity contribution in [1.82, 2.24) is 23.5 Å². The number of nitrogens with zero attached hydrogens (tertiary/aromatic N) is 5. The summed E-state index contributed by atoms with van der Waals surface area (Å²) in [6, 6.07) is 34.6. The number of amides is 2. The highest BCUT2D eigenvalue weighted by Crippen LogP contribution is 2.52. The average molecular weight is 1120 g/mol. The Morgan fingerprint density at radius 2 is 0.864 bits per heavy atom. The molecule has 2 aliphatic rings. The number of hydrogen-bond acceptors (Lipinski definition) is 4. The molecule has 7 nitrogen and oxygen atoms in total. The molecular weight excluding hydrogens is 1030 g/mol. The lowest BCUT2D eigenvalue weighted by Crippen LogP contribution is -2.34. The van der Waals surface area contributed by atoms with Gasteiger partial charge in [0.1, 0.15) is 0 Å². The molecular formula is C72H89N5O2S2. The predicted molar refractivity (Wildman–Crippen MR) is 349 cm³/mol. The second kappa shape index (κ2) is 25.7. The second-order valence-electron chi connectivity index (χ2n) is 23.8. The van der Waals surface area contributed by atoms with Crippen LogP contribution in [0.25, 0.3) is 87.3 Å². The molecule has 11 rings (SSSR count). The first-order chi connectivity index (χ1) is 39.8. The summed E-state index contributed by atoms with van der Waals surface area (Å²) >= 11 is 3.38. The van der Waals surface area contributed by atoms with Gasteiger partial charge in [0.15, 0.2) is 0 Å². The molecule has 9 heteroatoms. The summed E-state index contributed by atoms with van der Waals surface area (Å²) in [5.74, 6) is 0.667. The summed E-state index contributed by atoms with van der Waals surface area (Å²) in [6.07, 6.45) is 23.0. The van der Waals surface area contributed by atoms with Crippen molar-refractivity contribution in [3.8, 4) is 10.4 Å². The van der Waals surface area contributed by atoms with E-state index in [1.807, 2.05) is 9.80 Å². The van der Waals surface area contributed by atoms with Crippen molar-refractivity contribution in [2.45, 2.75) is 197 Å². The molecule has 0 aliphatic carbocycles. The number of hydrogen-bond donors (Lipinski definition) is 0. The van der Waals surface area contributed by atoms with Crippen LogP contribution in [0.1, 0.15) is 187 Å². The summed E-state index contributed by atoms with van der Waals surface area (Å²) in [5, 5.41) is 10.2. The maximum atomic E-state index is 15.5. The molecule has 7 heterocycles. The van der Waals surface area contributed by atoms with Crippen molar-refractivity contribution < 1.29 is 9.59 Å². The van der Waals surface area contributed by atoms with Gasteiger partial charge in [-0.2, -0.15) is 0 Å². The molecule has 9 aromatic rings. The molecule has 0 fully saturated rings. The number of fused-ring (bicyclic) bond motifs is 13. The standard InChI is InChI=1S/C72H89N5O2S2/c1-8-15-20-27-42-73-55-35-25-23-33-52(55)62-68(73)61-53-34-24-26-36-56(53)74(43-28-21-16-9-2)69(61)63-54-46-51(38-39-57(54)75(70(62)63)44-29-22-17-10-3)58-40-41-60(81-58)67-65-64(71(78)77(67)48-50(14-7)32-19-12-5)66(59-37-30-45-80-59)76(72(65)79)47-49(13-6)31-18-11-4/h23-26,30,33-41,45-46,49-50H,8-22,27-29,31-32,42-44,47-48H2,1-7H3. The molecule has 4 aromatic carbocycles. The first-order valence-electron chi connectivity index (χ1n) is 32.0. The number of unbranched alkanes of at least 4 members (excludes halogenated alkanes) is 11. The quantitative estimate of drug-likeness (QED) is 0.0421. The van der Waals surface area contributed by atoms with Crippen LogP contribution in [0.2, 0.25) is 0 Å². The zero-order chi connectivity index (χ0) is 56.1. The molecule has 0 bridgehead atoms. The van der Waals surface area contributed by atoms with E-state index in [1.54, 1.807) is 22.7 Å². The lowest BCUT2D eigenvalue weighted by Gasteiger charge is -2.29. The minimum absolute atomic E-state index is 0.0124. The van der Waals surface area contributed by atoms with Crippen molar-refractivity contribution in [3.05, 3.63) is 117 Å². The highest BCUT2D eigenvalue weighted by atomic mass is 32.1. The topological polar surface area (TPSA) is 55.4 Å². The van der Waals surface area contributed by atoms with Crippen molar-refractivity contribution in [3.63, 3.8) is 0 Å². The van der Waals surface area contributed by atoms with Crippen molar-refractivity contribution in [1.29, 1.82) is 0 Å². The number of thiophene rings is 2. The van der Waals surface area contributed by atoms with Crippen LogP contribution in [0.5, 0.6) is 0 Å². The Kier molecular flexibility index (Phi) is 18.1. The number of para-hydroxylation sites is 2. The van der Waals surface area contributed by atoms with Gasteiger partial charge in [-0.1, -0.05) is 193 Å². The molecule has 426 valence electrons. The SMILES string of the molecule is CCCCCCn1c2ccccc2c2c1c1c3ccccc3n(CCCCCC)c1c1c3cc(-c4ccc(C5=C6C(=O)N(CC(CC)CCCC)C(c7cccs7)=C6C(=O)N5CC(CC)CCCC)s4)ccc3n(CCCCCC)c21. The van der Waals surface area contributed by atoms with E-state index >= 15 is 9.59 Å². The van der Waals surface area contributed by atoms with Crippen LogP contribution in [0.4, 0.5) is 0 Å². The summed E-state index contributed by atoms with van der Waals surface area (Å²) in [7, 11) is 0. The van der Waals surface area contributed by atoms with Crippen LogP contribution < -0.4 is 0 Å². The molecule has 0 saturated carbocycles. The Morgan fingerprint density at radius 1 is 0.420 bits per heavy atom. The highest BCUT2D eigenvalue weighted by Gasteiger charge is 2.50. The molecule has 2 atom stereocenters. The van der Waals surface area contributed by atoms with Crippen LogP contribution in [0.3, 0.4) is 0 Å². The molecule has 2 aliphatic heterocycles. The largest absolute Gasteiger partial charge is 0.340 e. The number of aromatic nitrogens is 3. The first kappa shape index (κ1) is 56.9. The summed E-state index contributed by atoms with van der Waals surface area (Å²) in [4.78, 5) is 38.2.